The first-order chi connectivity index (χ1) is 16.2. The van der Waals surface area contributed by atoms with Crippen LogP contribution in [0, 0.1) is 0 Å². The normalized spacial score (nSPS) is 35.1. The molecule has 34 heavy (non-hydrogen) atoms. The third-order valence-electron chi connectivity index (χ3n) is 8.53. The second-order valence-corrected chi connectivity index (χ2v) is 11.0. The molecule has 0 aromatic heterocycles. The minimum absolute atomic E-state index is 0.0302. The number of carbonyl (C=O) groups is 1. The lowest BCUT2D eigenvalue weighted by Crippen LogP contribution is -2.63. The number of methoxy groups -OCH3 is 1. The number of guanidine groups is 1. The Morgan fingerprint density at radius 3 is 2.53 bits per heavy atom. The number of rotatable bonds is 5. The van der Waals surface area contributed by atoms with Crippen molar-refractivity contribution >= 4 is 11.9 Å². The molecule has 2 aliphatic carbocycles. The minimum Gasteiger partial charge on any atom is -0.381 e. The van der Waals surface area contributed by atoms with Gasteiger partial charge in [0.05, 0.1) is 11.6 Å². The molecular formula is C28H38N4O2. The van der Waals surface area contributed by atoms with Crippen molar-refractivity contribution in [3.63, 3.8) is 0 Å². The second-order valence-electron chi connectivity index (χ2n) is 11.0. The first-order valence-electron chi connectivity index (χ1n) is 12.7. The maximum absolute atomic E-state index is 14.3. The van der Waals surface area contributed by atoms with Gasteiger partial charge < -0.3 is 10.5 Å². The molecule has 182 valence electrons. The molecule has 1 aromatic carbocycles. The quantitative estimate of drug-likeness (QED) is 0.696. The van der Waals surface area contributed by atoms with Crippen molar-refractivity contribution in [2.24, 2.45) is 10.7 Å². The van der Waals surface area contributed by atoms with Gasteiger partial charge in [-0.3, -0.25) is 15.0 Å². The molecule has 1 amide bonds. The van der Waals surface area contributed by atoms with E-state index in [2.05, 4.69) is 54.7 Å². The summed E-state index contributed by atoms with van der Waals surface area (Å²) in [5, 5.41) is 3.99. The van der Waals surface area contributed by atoms with E-state index in [-0.39, 0.29) is 23.6 Å². The predicted molar refractivity (Wildman–Crippen MR) is 135 cm³/mol. The van der Waals surface area contributed by atoms with Crippen LogP contribution in [0.3, 0.4) is 0 Å². The van der Waals surface area contributed by atoms with E-state index in [0.717, 1.165) is 50.5 Å². The van der Waals surface area contributed by atoms with Crippen molar-refractivity contribution in [1.82, 2.24) is 10.2 Å². The highest BCUT2D eigenvalue weighted by molar-refractivity contribution is 6.11. The van der Waals surface area contributed by atoms with E-state index in [1.807, 2.05) is 13.8 Å². The number of aliphatic imine (C=N–C) groups is 1. The van der Waals surface area contributed by atoms with Gasteiger partial charge in [-0.25, -0.2) is 4.99 Å². The van der Waals surface area contributed by atoms with E-state index in [1.165, 1.54) is 11.1 Å². The molecule has 2 heterocycles. The number of carbonyl (C=O) groups excluding carboxylic acids is 1. The largest absolute Gasteiger partial charge is 0.381 e. The number of nitrogens with one attached hydrogen (secondary N) is 1. The number of benzene rings is 1. The van der Waals surface area contributed by atoms with Crippen LogP contribution in [0.15, 0.2) is 58.6 Å². The van der Waals surface area contributed by atoms with Gasteiger partial charge in [0, 0.05) is 18.7 Å². The topological polar surface area (TPSA) is 80.0 Å². The van der Waals surface area contributed by atoms with E-state index in [0.29, 0.717) is 5.96 Å². The van der Waals surface area contributed by atoms with Gasteiger partial charge in [0.15, 0.2) is 11.5 Å². The smallest absolute Gasteiger partial charge is 0.263 e. The van der Waals surface area contributed by atoms with Gasteiger partial charge in [-0.1, -0.05) is 48.1 Å². The molecule has 0 radical (unpaired) electrons. The lowest BCUT2D eigenvalue weighted by molar-refractivity contribution is -0.133. The fourth-order valence-electron chi connectivity index (χ4n) is 6.80. The molecule has 3 N–H and O–H groups in total. The zero-order valence-electron chi connectivity index (χ0n) is 20.9. The molecular weight excluding hydrogens is 424 g/mol. The number of hydrogen-bond donors (Lipinski definition) is 2. The highest BCUT2D eigenvalue weighted by Crippen LogP contribution is 2.57. The van der Waals surface area contributed by atoms with Crippen LogP contribution < -0.4 is 11.1 Å². The molecule has 5 rings (SSSR count). The Morgan fingerprint density at radius 1 is 1.21 bits per heavy atom. The Kier molecular flexibility index (Phi) is 5.72. The lowest BCUT2D eigenvalue weighted by atomic mass is 9.64. The third-order valence-corrected chi connectivity index (χ3v) is 8.53. The number of ether oxygens (including phenoxy) is 1. The zero-order valence-corrected chi connectivity index (χ0v) is 20.9. The summed E-state index contributed by atoms with van der Waals surface area (Å²) in [5.74, 6) is 0.378. The molecule has 2 atom stereocenters. The van der Waals surface area contributed by atoms with E-state index >= 15 is 0 Å². The molecule has 6 nitrogen and oxygen atoms in total. The maximum atomic E-state index is 14.3. The van der Waals surface area contributed by atoms with Crippen LogP contribution in [0.2, 0.25) is 0 Å². The molecule has 4 aliphatic rings. The van der Waals surface area contributed by atoms with Crippen LogP contribution in [0.4, 0.5) is 0 Å². The van der Waals surface area contributed by atoms with E-state index in [4.69, 9.17) is 15.5 Å². The summed E-state index contributed by atoms with van der Waals surface area (Å²) in [6, 6.07) is 10.5. The average Bonchev–Trinajstić information content (AvgIpc) is 3.21. The van der Waals surface area contributed by atoms with Crippen LogP contribution in [0.25, 0.3) is 0 Å². The van der Waals surface area contributed by atoms with Gasteiger partial charge in [-0.05, 0) is 76.9 Å². The predicted octanol–water partition coefficient (Wildman–Crippen LogP) is 3.87. The monoisotopic (exact) mass is 462 g/mol. The van der Waals surface area contributed by atoms with Gasteiger partial charge >= 0.3 is 0 Å². The Balaban J connectivity index is 1.55. The van der Waals surface area contributed by atoms with Crippen LogP contribution in [-0.4, -0.2) is 52.6 Å². The molecule has 0 bridgehead atoms. The highest BCUT2D eigenvalue weighted by atomic mass is 16.5. The number of allylic oxidation sites excluding steroid dienone is 2. The summed E-state index contributed by atoms with van der Waals surface area (Å²) in [4.78, 5) is 21.1. The molecule has 1 saturated carbocycles. The zero-order chi connectivity index (χ0) is 24.1. The van der Waals surface area contributed by atoms with Gasteiger partial charge in [-0.15, -0.1) is 0 Å². The van der Waals surface area contributed by atoms with Crippen LogP contribution in [0.1, 0.15) is 64.9 Å². The summed E-state index contributed by atoms with van der Waals surface area (Å²) in [5.41, 5.74) is 8.42. The Hall–Kier alpha value is -2.44. The van der Waals surface area contributed by atoms with Crippen LogP contribution in [0.5, 0.6) is 0 Å². The third kappa shape index (κ3) is 3.37. The Bertz CT molecular complexity index is 1050. The van der Waals surface area contributed by atoms with E-state index < -0.39 is 11.1 Å². The molecule has 2 unspecified atom stereocenters. The number of nitrogens with zero attached hydrogens (tertiary/aromatic N) is 2. The van der Waals surface area contributed by atoms with Gasteiger partial charge in [0.25, 0.3) is 5.91 Å². The van der Waals surface area contributed by atoms with Crippen LogP contribution >= 0.6 is 0 Å². The first kappa shape index (κ1) is 23.3. The number of amides is 1. The average molecular weight is 463 g/mol. The number of aryl methyl sites for hydroxylation is 1. The van der Waals surface area contributed by atoms with Gasteiger partial charge in [0.1, 0.15) is 0 Å². The maximum Gasteiger partial charge on any atom is 0.263 e. The molecule has 1 saturated heterocycles. The SMILES string of the molecule is COC1CCC2(CC1)NC1(C)CC=C(CCc3ccccc3)C=C1C21N=C(N)N(C(C)C)C1=O. The Labute approximate surface area is 203 Å². The summed E-state index contributed by atoms with van der Waals surface area (Å²) in [7, 11) is 1.78. The number of nitrogens with two attached hydrogens (primary N) is 1. The van der Waals surface area contributed by atoms with Crippen molar-refractivity contribution in [3.05, 3.63) is 59.2 Å². The highest BCUT2D eigenvalue weighted by Gasteiger charge is 2.72. The molecule has 6 heteroatoms. The molecule has 2 aliphatic heterocycles. The van der Waals surface area contributed by atoms with E-state index in [9.17, 15) is 4.79 Å². The summed E-state index contributed by atoms with van der Waals surface area (Å²) in [6.07, 6.45) is 11.1. The van der Waals surface area contributed by atoms with Crippen molar-refractivity contribution in [2.45, 2.75) is 94.5 Å². The summed E-state index contributed by atoms with van der Waals surface area (Å²) >= 11 is 0. The number of fused-ring (bicyclic) bond motifs is 3. The fraction of sp³-hybridized carbons (Fsp3) is 0.571. The first-order valence-corrected chi connectivity index (χ1v) is 12.7. The second kappa shape index (κ2) is 8.35. The summed E-state index contributed by atoms with van der Waals surface area (Å²) in [6.45, 7) is 6.25. The number of hydrogen-bond acceptors (Lipinski definition) is 5. The van der Waals surface area contributed by atoms with Crippen molar-refractivity contribution in [1.29, 1.82) is 0 Å². The van der Waals surface area contributed by atoms with Crippen LogP contribution in [-0.2, 0) is 16.0 Å². The molecule has 2 spiro atoms. The summed E-state index contributed by atoms with van der Waals surface area (Å²) < 4.78 is 5.68. The lowest BCUT2D eigenvalue weighted by Gasteiger charge is -2.45. The van der Waals surface area contributed by atoms with Gasteiger partial charge in [-0.2, -0.15) is 0 Å². The van der Waals surface area contributed by atoms with Crippen molar-refractivity contribution < 1.29 is 9.53 Å². The Morgan fingerprint density at radius 2 is 1.91 bits per heavy atom. The standard InChI is InChI=1S/C28H38N4O2/c1-19(2)32-24(33)28(30-25(32)29)23-18-21(11-10-20-8-6-5-7-9-20)12-15-26(23,3)31-27(28)16-13-22(34-4)14-17-27/h5-9,12,18-19,22,31H,10-11,13-17H2,1-4H3,(H2,29,30). The van der Waals surface area contributed by atoms with E-state index in [1.54, 1.807) is 12.0 Å². The van der Waals surface area contributed by atoms with Gasteiger partial charge in [0.2, 0.25) is 0 Å². The molecule has 1 aromatic rings. The fourth-order valence-corrected chi connectivity index (χ4v) is 6.80. The van der Waals surface area contributed by atoms with Crippen molar-refractivity contribution in [3.8, 4) is 0 Å². The molecule has 2 fully saturated rings. The van der Waals surface area contributed by atoms with Crippen molar-refractivity contribution in [2.75, 3.05) is 7.11 Å². The minimum atomic E-state index is -0.985.